The van der Waals surface area contributed by atoms with Gasteiger partial charge in [0.05, 0.1) is 10.7 Å². The zero-order valence-corrected chi connectivity index (χ0v) is 18.9. The number of hydrogen-bond acceptors (Lipinski definition) is 4. The van der Waals surface area contributed by atoms with Gasteiger partial charge in [0.2, 0.25) is 0 Å². The van der Waals surface area contributed by atoms with Crippen molar-refractivity contribution in [3.8, 4) is 11.5 Å². The lowest BCUT2D eigenvalue weighted by Gasteiger charge is -2.18. The molecule has 0 atom stereocenters. The van der Waals surface area contributed by atoms with Crippen molar-refractivity contribution in [1.82, 2.24) is 9.78 Å². The van der Waals surface area contributed by atoms with Gasteiger partial charge in [-0.05, 0) is 31.9 Å². The van der Waals surface area contributed by atoms with Crippen molar-refractivity contribution in [2.75, 3.05) is 5.32 Å². The summed E-state index contributed by atoms with van der Waals surface area (Å²) in [5, 5.41) is 7.66. The third kappa shape index (κ3) is 4.39. The molecule has 3 aromatic rings. The molecule has 1 aromatic heterocycles. The molecular formula is C24H26ClN3O3. The minimum Gasteiger partial charge on any atom is -0.485 e. The molecule has 0 saturated carbocycles. The number of ether oxygens (including phenoxy) is 2. The zero-order valence-electron chi connectivity index (χ0n) is 18.2. The number of anilines is 1. The molecule has 2 heterocycles. The number of hydrogen-bond donors (Lipinski definition) is 1. The van der Waals surface area contributed by atoms with E-state index in [2.05, 4.69) is 10.4 Å². The van der Waals surface area contributed by atoms with Gasteiger partial charge >= 0.3 is 0 Å². The van der Waals surface area contributed by atoms with Crippen molar-refractivity contribution >= 4 is 23.2 Å². The Hall–Kier alpha value is -2.99. The van der Waals surface area contributed by atoms with Crippen LogP contribution in [0, 0.1) is 0 Å². The van der Waals surface area contributed by atoms with Gasteiger partial charge in [0.15, 0.2) is 11.5 Å². The molecule has 2 aromatic carbocycles. The lowest BCUT2D eigenvalue weighted by molar-refractivity contribution is 0.101. The van der Waals surface area contributed by atoms with Crippen LogP contribution in [0.15, 0.2) is 42.5 Å². The minimum absolute atomic E-state index is 0.313. The average Bonchev–Trinajstić information content (AvgIpc) is 3.20. The van der Waals surface area contributed by atoms with Gasteiger partial charge in [-0.15, -0.1) is 0 Å². The zero-order chi connectivity index (χ0) is 22.2. The second-order valence-electron chi connectivity index (χ2n) is 8.32. The second-order valence-corrected chi connectivity index (χ2v) is 8.69. The number of fused-ring (bicyclic) bond motifs is 1. The third-order valence-electron chi connectivity index (χ3n) is 5.23. The van der Waals surface area contributed by atoms with Crippen molar-refractivity contribution in [3.63, 3.8) is 0 Å². The van der Waals surface area contributed by atoms with Crippen LogP contribution in [-0.4, -0.2) is 21.3 Å². The van der Waals surface area contributed by atoms with Crippen LogP contribution in [0.5, 0.6) is 11.5 Å². The summed E-state index contributed by atoms with van der Waals surface area (Å²) >= 11 is 6.38. The highest BCUT2D eigenvalue weighted by Gasteiger charge is 2.33. The Kier molecular flexibility index (Phi) is 5.67. The predicted octanol–water partition coefficient (Wildman–Crippen LogP) is 5.18. The molecule has 0 aliphatic carbocycles. The molecule has 1 N–H and O–H groups in total. The summed E-state index contributed by atoms with van der Waals surface area (Å²) in [7, 11) is 1.72. The maximum absolute atomic E-state index is 13.0. The molecule has 0 saturated heterocycles. The van der Waals surface area contributed by atoms with Crippen molar-refractivity contribution in [1.29, 1.82) is 0 Å². The average molecular weight is 440 g/mol. The first-order valence-electron chi connectivity index (χ1n) is 10.3. The Morgan fingerprint density at radius 1 is 1.29 bits per heavy atom. The van der Waals surface area contributed by atoms with Crippen molar-refractivity contribution in [2.45, 2.75) is 45.8 Å². The number of benzene rings is 2. The largest absolute Gasteiger partial charge is 0.485 e. The van der Waals surface area contributed by atoms with Gasteiger partial charge in [-0.3, -0.25) is 9.48 Å². The van der Waals surface area contributed by atoms with Gasteiger partial charge in [-0.1, -0.05) is 48.9 Å². The molecule has 0 spiro atoms. The number of halogens is 1. The quantitative estimate of drug-likeness (QED) is 0.574. The van der Waals surface area contributed by atoms with Crippen LogP contribution < -0.4 is 14.8 Å². The van der Waals surface area contributed by atoms with E-state index in [1.54, 1.807) is 13.1 Å². The maximum atomic E-state index is 13.0. The van der Waals surface area contributed by atoms with E-state index in [4.69, 9.17) is 21.1 Å². The second kappa shape index (κ2) is 8.27. The summed E-state index contributed by atoms with van der Waals surface area (Å²) < 4.78 is 13.8. The first-order valence-corrected chi connectivity index (χ1v) is 10.7. The molecule has 0 bridgehead atoms. The van der Waals surface area contributed by atoms with E-state index in [-0.39, 0.29) is 11.5 Å². The Labute approximate surface area is 187 Å². The first kappa shape index (κ1) is 21.2. The molecule has 0 radical (unpaired) electrons. The highest BCUT2D eigenvalue weighted by atomic mass is 35.5. The third-order valence-corrected chi connectivity index (χ3v) is 5.62. The number of nitrogens with one attached hydrogen (secondary N) is 1. The molecule has 162 valence electrons. The molecular weight excluding hydrogens is 414 g/mol. The smallest absolute Gasteiger partial charge is 0.275 e. The van der Waals surface area contributed by atoms with Crippen molar-refractivity contribution in [3.05, 3.63) is 70.0 Å². The Morgan fingerprint density at radius 2 is 2.03 bits per heavy atom. The van der Waals surface area contributed by atoms with Gasteiger partial charge in [-0.2, -0.15) is 5.10 Å². The van der Waals surface area contributed by atoms with Gasteiger partial charge in [0.25, 0.3) is 5.91 Å². The van der Waals surface area contributed by atoms with E-state index in [0.717, 1.165) is 23.3 Å². The molecule has 1 amide bonds. The van der Waals surface area contributed by atoms with Crippen LogP contribution >= 0.6 is 11.6 Å². The number of aromatic nitrogens is 2. The fraction of sp³-hybridized carbons (Fsp3) is 0.333. The van der Waals surface area contributed by atoms with Gasteiger partial charge in [0, 0.05) is 30.8 Å². The fourth-order valence-electron chi connectivity index (χ4n) is 3.81. The van der Waals surface area contributed by atoms with Gasteiger partial charge in [0.1, 0.15) is 17.9 Å². The number of nitrogens with zero attached hydrogens (tertiary/aromatic N) is 2. The predicted molar refractivity (Wildman–Crippen MR) is 121 cm³/mol. The summed E-state index contributed by atoms with van der Waals surface area (Å²) in [6.45, 7) is 6.43. The molecule has 1 aliphatic heterocycles. The Bertz CT molecular complexity index is 1120. The summed E-state index contributed by atoms with van der Waals surface area (Å²) in [5.41, 5.74) is 3.38. The lowest BCUT2D eigenvalue weighted by Crippen LogP contribution is -2.24. The molecule has 1 aliphatic rings. The summed E-state index contributed by atoms with van der Waals surface area (Å²) in [6.07, 6.45) is 1.38. The van der Waals surface area contributed by atoms with E-state index in [1.165, 1.54) is 4.68 Å². The van der Waals surface area contributed by atoms with Gasteiger partial charge < -0.3 is 14.8 Å². The molecule has 4 rings (SSSR count). The highest BCUT2D eigenvalue weighted by molar-refractivity contribution is 6.34. The van der Waals surface area contributed by atoms with Crippen LogP contribution in [-0.2, 0) is 26.5 Å². The Balaban J connectivity index is 1.63. The van der Waals surface area contributed by atoms with Crippen LogP contribution in [0.4, 0.5) is 5.69 Å². The molecule has 7 heteroatoms. The first-order chi connectivity index (χ1) is 14.8. The summed E-state index contributed by atoms with van der Waals surface area (Å²) in [4.78, 5) is 13.0. The highest BCUT2D eigenvalue weighted by Crippen LogP contribution is 2.44. The van der Waals surface area contributed by atoms with Crippen molar-refractivity contribution < 1.29 is 14.3 Å². The molecule has 0 unspecified atom stereocenters. The number of rotatable bonds is 6. The van der Waals surface area contributed by atoms with Gasteiger partial charge in [-0.25, -0.2) is 0 Å². The standard InChI is InChI=1S/C24H26ClN3O3/c1-5-18-20(25)21(28(4)27-18)23(29)26-17-11-16-13-24(2,3)31-22(16)19(12-17)30-14-15-9-7-6-8-10-15/h6-12H,5,13-14H2,1-4H3,(H,26,29). The SMILES string of the molecule is CCc1nn(C)c(C(=O)Nc2cc3c(c(OCc4ccccc4)c2)OC(C)(C)C3)c1Cl. The van der Waals surface area contributed by atoms with E-state index in [0.29, 0.717) is 40.9 Å². The summed E-state index contributed by atoms with van der Waals surface area (Å²) in [6, 6.07) is 13.7. The van der Waals surface area contributed by atoms with Crippen LogP contribution in [0.25, 0.3) is 0 Å². The monoisotopic (exact) mass is 439 g/mol. The number of carbonyl (C=O) groups excluding carboxylic acids is 1. The van der Waals surface area contributed by atoms with E-state index in [9.17, 15) is 4.79 Å². The normalized spacial score (nSPS) is 14.1. The van der Waals surface area contributed by atoms with E-state index in [1.807, 2.05) is 57.2 Å². The van der Waals surface area contributed by atoms with Crippen LogP contribution in [0.1, 0.15) is 48.1 Å². The van der Waals surface area contributed by atoms with E-state index >= 15 is 0 Å². The fourth-order valence-corrected chi connectivity index (χ4v) is 4.19. The minimum atomic E-state index is -0.336. The summed E-state index contributed by atoms with van der Waals surface area (Å²) in [5.74, 6) is 1.02. The topological polar surface area (TPSA) is 65.4 Å². The Morgan fingerprint density at radius 3 is 2.71 bits per heavy atom. The van der Waals surface area contributed by atoms with E-state index < -0.39 is 0 Å². The molecule has 6 nitrogen and oxygen atoms in total. The lowest BCUT2D eigenvalue weighted by atomic mass is 10.0. The number of amides is 1. The number of carbonyl (C=O) groups is 1. The van der Waals surface area contributed by atoms with Crippen LogP contribution in [0.3, 0.4) is 0 Å². The molecule has 0 fully saturated rings. The maximum Gasteiger partial charge on any atom is 0.275 e. The molecule has 31 heavy (non-hydrogen) atoms. The number of aryl methyl sites for hydroxylation is 2. The van der Waals surface area contributed by atoms with Crippen molar-refractivity contribution in [2.24, 2.45) is 7.05 Å². The van der Waals surface area contributed by atoms with Crippen LogP contribution in [0.2, 0.25) is 5.02 Å².